The Hall–Kier alpha value is 0.180. The van der Waals surface area contributed by atoms with Gasteiger partial charge in [0.2, 0.25) is 6.29 Å². The van der Waals surface area contributed by atoms with E-state index in [0.29, 0.717) is 0 Å². The maximum atomic E-state index is 9.97. The van der Waals surface area contributed by atoms with Crippen molar-refractivity contribution in [2.75, 3.05) is 0 Å². The molecule has 66 valence electrons. The Bertz CT molecular complexity index is 271. The molecule has 1 aromatic heterocycles. The van der Waals surface area contributed by atoms with E-state index in [0.717, 1.165) is 0 Å². The second-order valence-corrected chi connectivity index (χ2v) is 2.51. The first-order chi connectivity index (χ1) is 5.70. The first-order valence-corrected chi connectivity index (χ1v) is 4.05. The summed E-state index contributed by atoms with van der Waals surface area (Å²) in [4.78, 5) is 3.68. The average Bonchev–Trinajstić information content (AvgIpc) is 2.05. The zero-order valence-corrected chi connectivity index (χ0v) is 9.73. The van der Waals surface area contributed by atoms with Crippen molar-refractivity contribution in [3.8, 4) is 0 Å². The molecule has 0 aliphatic carbocycles. The molecule has 1 N–H and O–H groups in total. The van der Waals surface area contributed by atoms with Crippen LogP contribution in [0.2, 0.25) is 0 Å². The van der Waals surface area contributed by atoms with E-state index in [4.69, 9.17) is 5.11 Å². The van der Waals surface area contributed by atoms with Crippen LogP contribution in [-0.4, -0.2) is 18.9 Å². The van der Waals surface area contributed by atoms with Crippen LogP contribution in [0.5, 0.6) is 0 Å². The van der Waals surface area contributed by atoms with Gasteiger partial charge in [-0.2, -0.15) is 0 Å². The van der Waals surface area contributed by atoms with Gasteiger partial charge in [-0.25, -0.2) is 4.21 Å². The van der Waals surface area contributed by atoms with Gasteiger partial charge in [-0.1, -0.05) is 6.07 Å². The standard InChI is InChI=1S/C6H7NO4S.Na/c8-6(11-12(9)10)5-3-1-2-4-7-5;/h1-4,6,8H,(H,9,10);/q;+1/p-1. The predicted octanol–water partition coefficient (Wildman–Crippen LogP) is -3.11. The largest absolute Gasteiger partial charge is 1.00 e. The molecule has 1 aromatic rings. The third-order valence-corrected chi connectivity index (χ3v) is 1.45. The number of hydrogen-bond donors (Lipinski definition) is 1. The second-order valence-electron chi connectivity index (χ2n) is 1.91. The summed E-state index contributed by atoms with van der Waals surface area (Å²) in [6.07, 6.45) is -0.0974. The van der Waals surface area contributed by atoms with Crippen LogP contribution in [0.25, 0.3) is 0 Å². The Kier molecular flexibility index (Phi) is 6.70. The molecule has 2 atom stereocenters. The molecule has 0 aliphatic heterocycles. The Balaban J connectivity index is 0.00000144. The number of rotatable bonds is 3. The third-order valence-electron chi connectivity index (χ3n) is 1.11. The van der Waals surface area contributed by atoms with Crippen LogP contribution in [0.3, 0.4) is 0 Å². The van der Waals surface area contributed by atoms with E-state index in [2.05, 4.69) is 9.17 Å². The molecule has 13 heavy (non-hydrogen) atoms. The molecule has 0 saturated heterocycles. The fourth-order valence-electron chi connectivity index (χ4n) is 0.646. The van der Waals surface area contributed by atoms with Gasteiger partial charge in [0.05, 0.1) is 17.1 Å². The molecule has 0 spiro atoms. The monoisotopic (exact) mass is 211 g/mol. The molecule has 1 rings (SSSR count). The summed E-state index contributed by atoms with van der Waals surface area (Å²) in [5.74, 6) is 0. The minimum absolute atomic E-state index is 0. The molecule has 0 amide bonds. The average molecular weight is 211 g/mol. The SMILES string of the molecule is O=S([O-])OC(O)c1ccccn1.[Na+]. The Labute approximate surface area is 99.9 Å². The zero-order chi connectivity index (χ0) is 8.97. The minimum atomic E-state index is -2.74. The number of aliphatic hydroxyl groups excluding tert-OH is 1. The van der Waals surface area contributed by atoms with Gasteiger partial charge in [-0.05, 0) is 12.1 Å². The van der Waals surface area contributed by atoms with Crippen molar-refractivity contribution < 1.29 is 47.6 Å². The molecule has 1 heterocycles. The number of pyridine rings is 1. The first kappa shape index (κ1) is 13.2. The van der Waals surface area contributed by atoms with Crippen LogP contribution in [-0.2, 0) is 15.5 Å². The number of aromatic nitrogens is 1. The quantitative estimate of drug-likeness (QED) is 0.325. The van der Waals surface area contributed by atoms with Crippen LogP contribution < -0.4 is 29.6 Å². The Morgan fingerprint density at radius 3 is 2.77 bits per heavy atom. The number of aliphatic hydroxyl groups is 1. The van der Waals surface area contributed by atoms with Gasteiger partial charge in [0.15, 0.2) is 0 Å². The van der Waals surface area contributed by atoms with Crippen molar-refractivity contribution >= 4 is 11.4 Å². The summed E-state index contributed by atoms with van der Waals surface area (Å²) in [6.45, 7) is 0. The van der Waals surface area contributed by atoms with E-state index in [1.54, 1.807) is 12.1 Å². The van der Waals surface area contributed by atoms with Crippen LogP contribution in [0.4, 0.5) is 0 Å². The summed E-state index contributed by atoms with van der Waals surface area (Å²) in [7, 11) is 0. The van der Waals surface area contributed by atoms with E-state index >= 15 is 0 Å². The number of hydrogen-bond acceptors (Lipinski definition) is 5. The maximum absolute atomic E-state index is 9.97. The van der Waals surface area contributed by atoms with Crippen molar-refractivity contribution in [2.45, 2.75) is 6.29 Å². The Morgan fingerprint density at radius 1 is 1.62 bits per heavy atom. The first-order valence-electron chi connectivity index (χ1n) is 3.05. The fourth-order valence-corrected chi connectivity index (χ4v) is 0.893. The van der Waals surface area contributed by atoms with E-state index < -0.39 is 17.7 Å². The van der Waals surface area contributed by atoms with Crippen LogP contribution in [0.1, 0.15) is 12.0 Å². The van der Waals surface area contributed by atoms with Crippen molar-refractivity contribution in [1.29, 1.82) is 0 Å². The summed E-state index contributed by atoms with van der Waals surface area (Å²) in [6, 6.07) is 4.71. The zero-order valence-electron chi connectivity index (χ0n) is 6.91. The van der Waals surface area contributed by atoms with E-state index in [1.807, 2.05) is 0 Å². The van der Waals surface area contributed by atoms with Crippen LogP contribution in [0, 0.1) is 0 Å². The van der Waals surface area contributed by atoms with Crippen molar-refractivity contribution in [2.24, 2.45) is 0 Å². The summed E-state index contributed by atoms with van der Waals surface area (Å²) in [5, 5.41) is 9.01. The molecule has 2 unspecified atom stereocenters. The molecule has 0 aromatic carbocycles. The van der Waals surface area contributed by atoms with Gasteiger partial charge < -0.3 is 9.66 Å². The normalized spacial score (nSPS) is 14.3. The molecule has 7 heteroatoms. The molecule has 0 radical (unpaired) electrons. The van der Waals surface area contributed by atoms with Gasteiger partial charge in [0, 0.05) is 6.20 Å². The molecule has 0 fully saturated rings. The summed E-state index contributed by atoms with van der Waals surface area (Å²) >= 11 is -2.74. The third kappa shape index (κ3) is 4.82. The number of nitrogens with zero attached hydrogens (tertiary/aromatic N) is 1. The van der Waals surface area contributed by atoms with Gasteiger partial charge in [-0.15, -0.1) is 0 Å². The van der Waals surface area contributed by atoms with Crippen LogP contribution >= 0.6 is 0 Å². The van der Waals surface area contributed by atoms with Crippen molar-refractivity contribution in [3.05, 3.63) is 30.1 Å². The van der Waals surface area contributed by atoms with E-state index in [9.17, 15) is 8.76 Å². The smallest absolute Gasteiger partial charge is 0.750 e. The topological polar surface area (TPSA) is 82.5 Å². The van der Waals surface area contributed by atoms with Gasteiger partial charge in [0.1, 0.15) is 0 Å². The molecule has 0 saturated carbocycles. The summed E-state index contributed by atoms with van der Waals surface area (Å²) < 4.78 is 24.0. The molecule has 0 bridgehead atoms. The van der Waals surface area contributed by atoms with Crippen molar-refractivity contribution in [3.63, 3.8) is 0 Å². The summed E-state index contributed by atoms with van der Waals surface area (Å²) in [5.41, 5.74) is 0.154. The van der Waals surface area contributed by atoms with Gasteiger partial charge in [0.25, 0.3) is 0 Å². The second kappa shape index (κ2) is 6.61. The predicted molar refractivity (Wildman–Crippen MR) is 39.2 cm³/mol. The fraction of sp³-hybridized carbons (Fsp3) is 0.167. The van der Waals surface area contributed by atoms with E-state index in [1.165, 1.54) is 12.3 Å². The van der Waals surface area contributed by atoms with Crippen LogP contribution in [0.15, 0.2) is 24.4 Å². The van der Waals surface area contributed by atoms with Gasteiger partial charge >= 0.3 is 29.6 Å². The molecular formula is C6H6NNaO4S. The minimum Gasteiger partial charge on any atom is -0.750 e. The molecular weight excluding hydrogens is 205 g/mol. The Morgan fingerprint density at radius 2 is 2.31 bits per heavy atom. The van der Waals surface area contributed by atoms with Gasteiger partial charge in [-0.3, -0.25) is 9.17 Å². The van der Waals surface area contributed by atoms with Crippen molar-refractivity contribution in [1.82, 2.24) is 4.98 Å². The van der Waals surface area contributed by atoms with E-state index in [-0.39, 0.29) is 35.3 Å². The molecule has 0 aliphatic rings. The maximum Gasteiger partial charge on any atom is 1.00 e. The molecule has 5 nitrogen and oxygen atoms in total.